The van der Waals surface area contributed by atoms with E-state index >= 15 is 0 Å². The number of hydrogen-bond donors (Lipinski definition) is 2. The molecule has 0 fully saturated rings. The normalized spacial score (nSPS) is 14.1. The van der Waals surface area contributed by atoms with E-state index in [1.807, 2.05) is 0 Å². The number of amides is 1. The number of rotatable bonds is 5. The highest BCUT2D eigenvalue weighted by Gasteiger charge is 2.19. The van der Waals surface area contributed by atoms with Crippen molar-refractivity contribution in [3.05, 3.63) is 35.5 Å². The minimum Gasteiger partial charge on any atom is -0.486 e. The van der Waals surface area contributed by atoms with E-state index in [0.717, 1.165) is 0 Å². The molecular formula is C16H19N3O5. The second kappa shape index (κ2) is 6.79. The molecule has 2 heterocycles. The van der Waals surface area contributed by atoms with E-state index in [9.17, 15) is 9.90 Å². The molecule has 0 bridgehead atoms. The lowest BCUT2D eigenvalue weighted by Gasteiger charge is -2.20. The second-order valence-electron chi connectivity index (χ2n) is 5.35. The van der Waals surface area contributed by atoms with Crippen LogP contribution in [0, 0.1) is 0 Å². The summed E-state index contributed by atoms with van der Waals surface area (Å²) in [6, 6.07) is 5.21. The van der Waals surface area contributed by atoms with E-state index in [4.69, 9.17) is 14.2 Å². The van der Waals surface area contributed by atoms with Crippen molar-refractivity contribution >= 4 is 5.91 Å². The summed E-state index contributed by atoms with van der Waals surface area (Å²) in [7, 11) is 3.15. The molecule has 0 radical (unpaired) electrons. The van der Waals surface area contributed by atoms with Crippen LogP contribution in [0.1, 0.15) is 22.0 Å². The molecule has 0 aliphatic carbocycles. The molecular weight excluding hydrogens is 314 g/mol. The molecule has 1 aromatic carbocycles. The zero-order chi connectivity index (χ0) is 17.1. The monoisotopic (exact) mass is 333 g/mol. The van der Waals surface area contributed by atoms with E-state index in [1.54, 1.807) is 31.4 Å². The number of carbonyl (C=O) groups excluding carboxylic acids is 1. The van der Waals surface area contributed by atoms with Crippen LogP contribution >= 0.6 is 0 Å². The van der Waals surface area contributed by atoms with Crippen molar-refractivity contribution in [1.82, 2.24) is 15.1 Å². The van der Waals surface area contributed by atoms with Crippen molar-refractivity contribution in [2.45, 2.75) is 6.10 Å². The van der Waals surface area contributed by atoms with Crippen LogP contribution in [0.3, 0.4) is 0 Å². The third-order valence-electron chi connectivity index (χ3n) is 3.64. The van der Waals surface area contributed by atoms with Gasteiger partial charge in [-0.25, -0.2) is 0 Å². The number of methoxy groups -OCH3 is 1. The van der Waals surface area contributed by atoms with Gasteiger partial charge in [0.05, 0.1) is 13.2 Å². The van der Waals surface area contributed by atoms with Crippen molar-refractivity contribution in [1.29, 1.82) is 0 Å². The number of nitrogens with zero attached hydrogens (tertiary/aromatic N) is 2. The first-order valence-corrected chi connectivity index (χ1v) is 7.52. The van der Waals surface area contributed by atoms with Gasteiger partial charge in [0.2, 0.25) is 5.88 Å². The number of aliphatic hydroxyl groups excluding tert-OH is 1. The lowest BCUT2D eigenvalue weighted by molar-refractivity contribution is 0.0912. The molecule has 1 aliphatic heterocycles. The number of aliphatic hydroxyl groups is 1. The highest BCUT2D eigenvalue weighted by atomic mass is 16.6. The van der Waals surface area contributed by atoms with Gasteiger partial charge >= 0.3 is 0 Å². The molecule has 0 unspecified atom stereocenters. The van der Waals surface area contributed by atoms with Gasteiger partial charge in [0.25, 0.3) is 5.91 Å². The van der Waals surface area contributed by atoms with E-state index in [2.05, 4.69) is 10.4 Å². The standard InChI is InChI=1S/C16H19N3O5/c1-19-9-11(16(18-19)22-2)15(21)17-8-12(20)10-3-4-13-14(7-10)24-6-5-23-13/h3-4,7,9,12,20H,5-6,8H2,1-2H3,(H,17,21)/t12-/m1/s1. The third-order valence-corrected chi connectivity index (χ3v) is 3.64. The Morgan fingerprint density at radius 1 is 1.42 bits per heavy atom. The summed E-state index contributed by atoms with van der Waals surface area (Å²) in [5.41, 5.74) is 0.951. The van der Waals surface area contributed by atoms with Gasteiger partial charge in [0.15, 0.2) is 11.5 Å². The van der Waals surface area contributed by atoms with Crippen LogP contribution in [0.5, 0.6) is 17.4 Å². The Hall–Kier alpha value is -2.74. The molecule has 0 spiro atoms. The number of hydrogen-bond acceptors (Lipinski definition) is 6. The first-order valence-electron chi connectivity index (χ1n) is 7.52. The van der Waals surface area contributed by atoms with Gasteiger partial charge in [-0.1, -0.05) is 6.07 Å². The van der Waals surface area contributed by atoms with Gasteiger partial charge < -0.3 is 24.6 Å². The summed E-state index contributed by atoms with van der Waals surface area (Å²) in [4.78, 5) is 12.2. The van der Waals surface area contributed by atoms with Crippen molar-refractivity contribution in [2.75, 3.05) is 26.9 Å². The van der Waals surface area contributed by atoms with Gasteiger partial charge in [-0.15, -0.1) is 5.10 Å². The maximum atomic E-state index is 12.2. The molecule has 0 saturated heterocycles. The van der Waals surface area contributed by atoms with Gasteiger partial charge in [0.1, 0.15) is 18.8 Å². The fraction of sp³-hybridized carbons (Fsp3) is 0.375. The molecule has 1 atom stereocenters. The molecule has 8 heteroatoms. The minimum absolute atomic E-state index is 0.0521. The summed E-state index contributed by atoms with van der Waals surface area (Å²) in [6.07, 6.45) is 0.692. The summed E-state index contributed by atoms with van der Waals surface area (Å²) in [5, 5.41) is 17.0. The predicted molar refractivity (Wildman–Crippen MR) is 84.5 cm³/mol. The van der Waals surface area contributed by atoms with Gasteiger partial charge in [-0.05, 0) is 17.7 Å². The number of ether oxygens (including phenoxy) is 3. The van der Waals surface area contributed by atoms with Crippen LogP contribution in [0.15, 0.2) is 24.4 Å². The zero-order valence-corrected chi connectivity index (χ0v) is 13.5. The number of aromatic nitrogens is 2. The Labute approximate surface area is 138 Å². The summed E-state index contributed by atoms with van der Waals surface area (Å²) in [5.74, 6) is 1.12. The fourth-order valence-corrected chi connectivity index (χ4v) is 2.44. The van der Waals surface area contributed by atoms with E-state index in [1.165, 1.54) is 11.8 Å². The number of aryl methyl sites for hydroxylation is 1. The smallest absolute Gasteiger partial charge is 0.258 e. The van der Waals surface area contributed by atoms with Crippen molar-refractivity contribution in [3.8, 4) is 17.4 Å². The maximum absolute atomic E-state index is 12.2. The second-order valence-corrected chi connectivity index (χ2v) is 5.35. The summed E-state index contributed by atoms with van der Waals surface area (Å²) >= 11 is 0. The lowest BCUT2D eigenvalue weighted by atomic mass is 10.1. The van der Waals surface area contributed by atoms with Gasteiger partial charge in [0, 0.05) is 19.8 Å². The van der Waals surface area contributed by atoms with Gasteiger partial charge in [-0.2, -0.15) is 0 Å². The van der Waals surface area contributed by atoms with Crippen molar-refractivity contribution in [3.63, 3.8) is 0 Å². The molecule has 128 valence electrons. The molecule has 8 nitrogen and oxygen atoms in total. The molecule has 2 aromatic rings. The molecule has 2 N–H and O–H groups in total. The number of nitrogens with one attached hydrogen (secondary N) is 1. The Balaban J connectivity index is 1.64. The van der Waals surface area contributed by atoms with Crippen LogP contribution in [0.2, 0.25) is 0 Å². The lowest BCUT2D eigenvalue weighted by Crippen LogP contribution is -2.28. The average Bonchev–Trinajstić information content (AvgIpc) is 3.00. The summed E-state index contributed by atoms with van der Waals surface area (Å²) in [6.45, 7) is 1.04. The topological polar surface area (TPSA) is 94.8 Å². The molecule has 1 amide bonds. The van der Waals surface area contributed by atoms with E-state index < -0.39 is 6.10 Å². The highest BCUT2D eigenvalue weighted by molar-refractivity contribution is 5.96. The fourth-order valence-electron chi connectivity index (χ4n) is 2.44. The SMILES string of the molecule is COc1nn(C)cc1C(=O)NC[C@@H](O)c1ccc2c(c1)OCCO2. The molecule has 1 aliphatic rings. The van der Waals surface area contributed by atoms with Crippen molar-refractivity contribution in [2.24, 2.45) is 7.05 Å². The maximum Gasteiger partial charge on any atom is 0.258 e. The summed E-state index contributed by atoms with van der Waals surface area (Å²) < 4.78 is 17.5. The Morgan fingerprint density at radius 2 is 2.17 bits per heavy atom. The number of benzene rings is 1. The van der Waals surface area contributed by atoms with E-state index in [-0.39, 0.29) is 18.3 Å². The van der Waals surface area contributed by atoms with Gasteiger partial charge in [-0.3, -0.25) is 9.48 Å². The van der Waals surface area contributed by atoms with Crippen LogP contribution in [0.4, 0.5) is 0 Å². The quantitative estimate of drug-likeness (QED) is 0.835. The average molecular weight is 333 g/mol. The molecule has 0 saturated carbocycles. The Kier molecular flexibility index (Phi) is 4.57. The van der Waals surface area contributed by atoms with Crippen molar-refractivity contribution < 1.29 is 24.1 Å². The number of carbonyl (C=O) groups is 1. The first-order chi connectivity index (χ1) is 11.6. The van der Waals surface area contributed by atoms with Crippen LogP contribution in [0.25, 0.3) is 0 Å². The first kappa shape index (κ1) is 16.1. The highest BCUT2D eigenvalue weighted by Crippen LogP contribution is 2.32. The molecule has 3 rings (SSSR count). The van der Waals surface area contributed by atoms with Crippen LogP contribution in [-0.2, 0) is 7.05 Å². The molecule has 24 heavy (non-hydrogen) atoms. The zero-order valence-electron chi connectivity index (χ0n) is 13.5. The third kappa shape index (κ3) is 3.28. The van der Waals surface area contributed by atoms with Crippen LogP contribution < -0.4 is 19.5 Å². The van der Waals surface area contributed by atoms with Crippen LogP contribution in [-0.4, -0.2) is 47.7 Å². The Morgan fingerprint density at radius 3 is 2.92 bits per heavy atom. The number of fused-ring (bicyclic) bond motifs is 1. The Bertz CT molecular complexity index is 743. The predicted octanol–water partition coefficient (Wildman–Crippen LogP) is 0.663. The molecule has 1 aromatic heterocycles. The minimum atomic E-state index is -0.868. The van der Waals surface area contributed by atoms with E-state index in [0.29, 0.717) is 35.8 Å². The largest absolute Gasteiger partial charge is 0.486 e.